The van der Waals surface area contributed by atoms with Gasteiger partial charge in [-0.3, -0.25) is 0 Å². The zero-order chi connectivity index (χ0) is 18.7. The van der Waals surface area contributed by atoms with E-state index in [9.17, 15) is 21.6 Å². The quantitative estimate of drug-likeness (QED) is 0.809. The number of rotatable bonds is 6. The summed E-state index contributed by atoms with van der Waals surface area (Å²) in [6.45, 7) is 1.49. The SMILES string of the molecule is Cc1ccc(S(=O)(=O)Nc2ncc(CCCO)c(C(F)(F)F)n2)cc1. The number of alkyl halides is 3. The van der Waals surface area contributed by atoms with E-state index in [0.29, 0.717) is 0 Å². The van der Waals surface area contributed by atoms with Gasteiger partial charge in [0.2, 0.25) is 5.95 Å². The summed E-state index contributed by atoms with van der Waals surface area (Å²) in [5.74, 6) is -0.666. The summed E-state index contributed by atoms with van der Waals surface area (Å²) >= 11 is 0. The fourth-order valence-corrected chi connectivity index (χ4v) is 3.00. The second-order valence-corrected chi connectivity index (χ2v) is 6.99. The Morgan fingerprint density at radius 3 is 2.40 bits per heavy atom. The molecule has 6 nitrogen and oxygen atoms in total. The number of aryl methyl sites for hydroxylation is 2. The summed E-state index contributed by atoms with van der Waals surface area (Å²) in [5.41, 5.74) is -0.597. The summed E-state index contributed by atoms with van der Waals surface area (Å²) in [6, 6.07) is 5.79. The number of anilines is 1. The third kappa shape index (κ3) is 4.89. The third-order valence-electron chi connectivity index (χ3n) is 3.29. The van der Waals surface area contributed by atoms with E-state index in [0.717, 1.165) is 11.8 Å². The largest absolute Gasteiger partial charge is 0.433 e. The highest BCUT2D eigenvalue weighted by atomic mass is 32.2. The van der Waals surface area contributed by atoms with Crippen LogP contribution in [0.2, 0.25) is 0 Å². The van der Waals surface area contributed by atoms with E-state index in [-0.39, 0.29) is 29.9 Å². The van der Waals surface area contributed by atoms with E-state index in [1.807, 2.05) is 4.72 Å². The van der Waals surface area contributed by atoms with Gasteiger partial charge in [-0.2, -0.15) is 13.2 Å². The van der Waals surface area contributed by atoms with Crippen molar-refractivity contribution < 1.29 is 26.7 Å². The second kappa shape index (κ2) is 7.36. The first-order valence-corrected chi connectivity index (χ1v) is 8.75. The number of aliphatic hydroxyl groups is 1. The summed E-state index contributed by atoms with van der Waals surface area (Å²) < 4.78 is 65.8. The van der Waals surface area contributed by atoms with Gasteiger partial charge in [0.1, 0.15) is 0 Å². The first kappa shape index (κ1) is 19.1. The van der Waals surface area contributed by atoms with Crippen LogP contribution >= 0.6 is 0 Å². The highest BCUT2D eigenvalue weighted by Crippen LogP contribution is 2.31. The Balaban J connectivity index is 2.35. The number of aromatic nitrogens is 2. The lowest BCUT2D eigenvalue weighted by Crippen LogP contribution is -2.19. The fraction of sp³-hybridized carbons (Fsp3) is 0.333. The summed E-state index contributed by atoms with van der Waals surface area (Å²) in [6.07, 6.45) is -3.81. The lowest BCUT2D eigenvalue weighted by Gasteiger charge is -2.13. The minimum Gasteiger partial charge on any atom is -0.396 e. The van der Waals surface area contributed by atoms with Crippen molar-refractivity contribution in [1.29, 1.82) is 0 Å². The molecule has 0 fully saturated rings. The lowest BCUT2D eigenvalue weighted by molar-refractivity contribution is -0.141. The highest BCUT2D eigenvalue weighted by molar-refractivity contribution is 7.92. The predicted octanol–water partition coefficient (Wildman–Crippen LogP) is 2.53. The van der Waals surface area contributed by atoms with E-state index in [2.05, 4.69) is 9.97 Å². The molecule has 25 heavy (non-hydrogen) atoms. The van der Waals surface area contributed by atoms with Gasteiger partial charge in [-0.05, 0) is 31.9 Å². The van der Waals surface area contributed by atoms with Gasteiger partial charge < -0.3 is 5.11 Å². The Bertz CT molecular complexity index is 837. The van der Waals surface area contributed by atoms with Crippen LogP contribution in [-0.4, -0.2) is 30.1 Å². The molecule has 0 unspecified atom stereocenters. The fourth-order valence-electron chi connectivity index (χ4n) is 2.05. The number of halogens is 3. The van der Waals surface area contributed by atoms with Crippen molar-refractivity contribution in [2.45, 2.75) is 30.8 Å². The van der Waals surface area contributed by atoms with Crippen molar-refractivity contribution in [3.8, 4) is 0 Å². The predicted molar refractivity (Wildman–Crippen MR) is 84.4 cm³/mol. The summed E-state index contributed by atoms with van der Waals surface area (Å²) in [5, 5.41) is 8.76. The molecule has 0 aliphatic rings. The number of aliphatic hydroxyl groups excluding tert-OH is 1. The number of hydrogen-bond acceptors (Lipinski definition) is 5. The van der Waals surface area contributed by atoms with Crippen LogP contribution in [0.4, 0.5) is 19.1 Å². The summed E-state index contributed by atoms with van der Waals surface area (Å²) in [4.78, 5) is 6.86. The smallest absolute Gasteiger partial charge is 0.396 e. The van der Waals surface area contributed by atoms with Crippen molar-refractivity contribution in [2.24, 2.45) is 0 Å². The molecule has 1 aromatic heterocycles. The molecule has 0 aliphatic heterocycles. The van der Waals surface area contributed by atoms with Gasteiger partial charge in [0.15, 0.2) is 5.69 Å². The lowest BCUT2D eigenvalue weighted by atomic mass is 10.1. The Kier molecular flexibility index (Phi) is 5.63. The van der Waals surface area contributed by atoms with Crippen LogP contribution in [0.25, 0.3) is 0 Å². The van der Waals surface area contributed by atoms with Crippen molar-refractivity contribution in [3.63, 3.8) is 0 Å². The third-order valence-corrected chi connectivity index (χ3v) is 4.64. The number of benzene rings is 1. The zero-order valence-corrected chi connectivity index (χ0v) is 14.0. The zero-order valence-electron chi connectivity index (χ0n) is 13.2. The second-order valence-electron chi connectivity index (χ2n) is 5.31. The maximum absolute atomic E-state index is 13.1. The molecule has 2 aromatic rings. The molecule has 0 atom stereocenters. The molecular formula is C15H16F3N3O3S. The van der Waals surface area contributed by atoms with Gasteiger partial charge in [0.05, 0.1) is 4.90 Å². The first-order valence-electron chi connectivity index (χ1n) is 7.27. The molecule has 10 heteroatoms. The molecule has 0 spiro atoms. The minimum absolute atomic E-state index is 0.0731. The molecule has 0 amide bonds. The molecule has 1 aromatic carbocycles. The van der Waals surface area contributed by atoms with Crippen molar-refractivity contribution in [3.05, 3.63) is 47.3 Å². The molecular weight excluding hydrogens is 359 g/mol. The molecule has 136 valence electrons. The van der Waals surface area contributed by atoms with E-state index in [1.54, 1.807) is 19.1 Å². The van der Waals surface area contributed by atoms with Crippen LogP contribution in [0, 0.1) is 6.92 Å². The number of hydrogen-bond donors (Lipinski definition) is 2. The van der Waals surface area contributed by atoms with E-state index < -0.39 is 27.8 Å². The van der Waals surface area contributed by atoms with Crippen LogP contribution in [0.5, 0.6) is 0 Å². The van der Waals surface area contributed by atoms with Gasteiger partial charge >= 0.3 is 6.18 Å². The van der Waals surface area contributed by atoms with Gasteiger partial charge in [-0.15, -0.1) is 0 Å². The van der Waals surface area contributed by atoms with Crippen LogP contribution in [0.3, 0.4) is 0 Å². The van der Waals surface area contributed by atoms with Gasteiger partial charge in [-0.25, -0.2) is 23.1 Å². The Morgan fingerprint density at radius 2 is 1.84 bits per heavy atom. The van der Waals surface area contributed by atoms with Gasteiger partial charge in [-0.1, -0.05) is 17.7 Å². The molecule has 0 saturated heterocycles. The van der Waals surface area contributed by atoms with Crippen LogP contribution in [0.15, 0.2) is 35.4 Å². The number of nitrogens with zero attached hydrogens (tertiary/aromatic N) is 2. The Labute approximate surface area is 142 Å². The van der Waals surface area contributed by atoms with Crippen LogP contribution < -0.4 is 4.72 Å². The molecule has 2 rings (SSSR count). The Hall–Kier alpha value is -2.20. The number of sulfonamides is 1. The van der Waals surface area contributed by atoms with E-state index >= 15 is 0 Å². The maximum atomic E-state index is 13.1. The van der Waals surface area contributed by atoms with Gasteiger partial charge in [0, 0.05) is 18.4 Å². The van der Waals surface area contributed by atoms with Gasteiger partial charge in [0.25, 0.3) is 10.0 Å². The molecule has 1 heterocycles. The number of nitrogens with one attached hydrogen (secondary N) is 1. The average molecular weight is 375 g/mol. The van der Waals surface area contributed by atoms with Crippen LogP contribution in [-0.2, 0) is 22.6 Å². The Morgan fingerprint density at radius 1 is 1.20 bits per heavy atom. The highest BCUT2D eigenvalue weighted by Gasteiger charge is 2.36. The van der Waals surface area contributed by atoms with Crippen molar-refractivity contribution in [2.75, 3.05) is 11.3 Å². The van der Waals surface area contributed by atoms with E-state index in [1.165, 1.54) is 12.1 Å². The standard InChI is InChI=1S/C15H16F3N3O3S/c1-10-4-6-12(7-5-10)25(23,24)21-14-19-9-11(3-2-8-22)13(20-14)15(16,17)18/h4-7,9,22H,2-3,8H2,1H3,(H,19,20,21). The molecule has 0 saturated carbocycles. The molecule has 0 bridgehead atoms. The first-order chi connectivity index (χ1) is 11.6. The maximum Gasteiger partial charge on any atom is 0.433 e. The topological polar surface area (TPSA) is 92.2 Å². The van der Waals surface area contributed by atoms with Crippen LogP contribution in [0.1, 0.15) is 23.2 Å². The molecule has 0 radical (unpaired) electrons. The van der Waals surface area contributed by atoms with E-state index in [4.69, 9.17) is 5.11 Å². The van der Waals surface area contributed by atoms with Crippen molar-refractivity contribution in [1.82, 2.24) is 9.97 Å². The normalized spacial score (nSPS) is 12.2. The molecule has 0 aliphatic carbocycles. The average Bonchev–Trinajstić information content (AvgIpc) is 2.53. The molecule has 2 N–H and O–H groups in total. The monoisotopic (exact) mass is 375 g/mol. The minimum atomic E-state index is -4.77. The van der Waals surface area contributed by atoms with Crippen molar-refractivity contribution >= 4 is 16.0 Å². The summed E-state index contributed by atoms with van der Waals surface area (Å²) in [7, 11) is -4.10.